The van der Waals surface area contributed by atoms with Crippen LogP contribution in [0.4, 0.5) is 8.78 Å². The topological polar surface area (TPSA) is 59.0 Å². The van der Waals surface area contributed by atoms with Gasteiger partial charge in [0.05, 0.1) is 5.60 Å². The number of halogens is 2. The minimum Gasteiger partial charge on any atom is -0.454 e. The predicted molar refractivity (Wildman–Crippen MR) is 88.0 cm³/mol. The van der Waals surface area contributed by atoms with Gasteiger partial charge in [-0.15, -0.1) is 0 Å². The monoisotopic (exact) mass is 361 g/mol. The van der Waals surface area contributed by atoms with Gasteiger partial charge in [0.1, 0.15) is 0 Å². The van der Waals surface area contributed by atoms with E-state index >= 15 is 0 Å². The first-order valence-corrected chi connectivity index (χ1v) is 8.33. The maximum absolute atomic E-state index is 13.4. The van der Waals surface area contributed by atoms with Gasteiger partial charge in [-0.2, -0.15) is 0 Å². The minimum atomic E-state index is -1.08. The second-order valence-electron chi connectivity index (χ2n) is 6.52. The Balaban J connectivity index is 1.47. The molecule has 0 saturated carbocycles. The van der Waals surface area contributed by atoms with Crippen molar-refractivity contribution < 1.29 is 28.2 Å². The van der Waals surface area contributed by atoms with Crippen LogP contribution in [0.25, 0.3) is 0 Å². The largest absolute Gasteiger partial charge is 0.454 e. The van der Waals surface area contributed by atoms with Gasteiger partial charge in [0, 0.05) is 18.7 Å². The Morgan fingerprint density at radius 1 is 1.00 bits per heavy atom. The van der Waals surface area contributed by atoms with Crippen molar-refractivity contribution in [2.24, 2.45) is 0 Å². The molecule has 26 heavy (non-hydrogen) atoms. The summed E-state index contributed by atoms with van der Waals surface area (Å²) in [6.45, 7) is 0.777. The molecule has 2 aliphatic rings. The maximum atomic E-state index is 13.4. The Labute approximate surface area is 148 Å². The Morgan fingerprint density at radius 2 is 1.73 bits per heavy atom. The van der Waals surface area contributed by atoms with Crippen molar-refractivity contribution in [2.45, 2.75) is 18.4 Å². The molecule has 2 aromatic carbocycles. The minimum absolute atomic E-state index is 0.0948. The van der Waals surface area contributed by atoms with Crippen LogP contribution < -0.4 is 9.47 Å². The number of hydrogen-bond acceptors (Lipinski definition) is 4. The first kappa shape index (κ1) is 16.8. The van der Waals surface area contributed by atoms with Gasteiger partial charge in [0.15, 0.2) is 23.1 Å². The fourth-order valence-electron chi connectivity index (χ4n) is 3.37. The van der Waals surface area contributed by atoms with E-state index in [0.717, 1.165) is 12.1 Å². The number of piperidine rings is 1. The van der Waals surface area contributed by atoms with Crippen LogP contribution >= 0.6 is 0 Å². The van der Waals surface area contributed by atoms with Crippen LogP contribution in [0, 0.1) is 11.6 Å². The summed E-state index contributed by atoms with van der Waals surface area (Å²) in [6, 6.07) is 8.41. The van der Waals surface area contributed by atoms with Crippen molar-refractivity contribution >= 4 is 5.91 Å². The van der Waals surface area contributed by atoms with Crippen molar-refractivity contribution in [2.75, 3.05) is 19.9 Å². The molecule has 136 valence electrons. The molecule has 5 nitrogen and oxygen atoms in total. The summed E-state index contributed by atoms with van der Waals surface area (Å²) in [5.74, 6) is -1.18. The molecular formula is C19H17F2NO4. The third kappa shape index (κ3) is 2.88. The molecule has 0 atom stereocenters. The van der Waals surface area contributed by atoms with Crippen molar-refractivity contribution in [1.29, 1.82) is 0 Å². The highest BCUT2D eigenvalue weighted by Crippen LogP contribution is 2.39. The summed E-state index contributed by atoms with van der Waals surface area (Å²) >= 11 is 0. The van der Waals surface area contributed by atoms with E-state index in [4.69, 9.17) is 9.47 Å². The molecule has 1 fully saturated rings. The van der Waals surface area contributed by atoms with Gasteiger partial charge in [0.2, 0.25) is 6.79 Å². The molecular weight excluding hydrogens is 344 g/mol. The SMILES string of the molecule is O=C(c1ccc(F)c(F)c1)N1CCC(O)(c2ccc3c(c2)OCO3)CC1. The van der Waals surface area contributed by atoms with E-state index in [1.807, 2.05) is 0 Å². The van der Waals surface area contributed by atoms with Crippen molar-refractivity contribution in [3.8, 4) is 11.5 Å². The number of hydrogen-bond donors (Lipinski definition) is 1. The zero-order chi connectivity index (χ0) is 18.3. The molecule has 1 N–H and O–H groups in total. The zero-order valence-corrected chi connectivity index (χ0v) is 13.9. The van der Waals surface area contributed by atoms with Gasteiger partial charge >= 0.3 is 0 Å². The van der Waals surface area contributed by atoms with Crippen LogP contribution in [0.15, 0.2) is 36.4 Å². The highest BCUT2D eigenvalue weighted by Gasteiger charge is 2.36. The summed E-state index contributed by atoms with van der Waals surface area (Å²) in [7, 11) is 0. The molecule has 0 aromatic heterocycles. The average molecular weight is 361 g/mol. The van der Waals surface area contributed by atoms with E-state index in [0.29, 0.717) is 43.0 Å². The van der Waals surface area contributed by atoms with Crippen LogP contribution in [0.3, 0.4) is 0 Å². The first-order chi connectivity index (χ1) is 12.5. The fourth-order valence-corrected chi connectivity index (χ4v) is 3.37. The lowest BCUT2D eigenvalue weighted by atomic mass is 9.84. The van der Waals surface area contributed by atoms with E-state index in [9.17, 15) is 18.7 Å². The molecule has 2 aromatic rings. The Kier molecular flexibility index (Phi) is 4.03. The Hall–Kier alpha value is -2.67. The number of rotatable bonds is 2. The van der Waals surface area contributed by atoms with Gasteiger partial charge in [-0.1, -0.05) is 6.07 Å². The Bertz CT molecular complexity index is 863. The zero-order valence-electron chi connectivity index (χ0n) is 13.9. The lowest BCUT2D eigenvalue weighted by Crippen LogP contribution is -2.45. The van der Waals surface area contributed by atoms with E-state index in [1.54, 1.807) is 18.2 Å². The normalized spacial score (nSPS) is 18.0. The lowest BCUT2D eigenvalue weighted by Gasteiger charge is -2.38. The molecule has 1 saturated heterocycles. The van der Waals surface area contributed by atoms with E-state index in [2.05, 4.69) is 0 Å². The summed E-state index contributed by atoms with van der Waals surface area (Å²) in [4.78, 5) is 14.0. The highest BCUT2D eigenvalue weighted by molar-refractivity contribution is 5.94. The van der Waals surface area contributed by atoms with Crippen LogP contribution in [0.5, 0.6) is 11.5 Å². The fraction of sp³-hybridized carbons (Fsp3) is 0.316. The quantitative estimate of drug-likeness (QED) is 0.894. The van der Waals surface area contributed by atoms with Gasteiger partial charge in [-0.05, 0) is 48.7 Å². The summed E-state index contributed by atoms with van der Waals surface area (Å²) in [5.41, 5.74) is -0.273. The third-order valence-corrected chi connectivity index (χ3v) is 4.95. The van der Waals surface area contributed by atoms with E-state index in [-0.39, 0.29) is 18.3 Å². The summed E-state index contributed by atoms with van der Waals surface area (Å²) in [5, 5.41) is 11.0. The molecule has 0 bridgehead atoms. The molecule has 0 spiro atoms. The van der Waals surface area contributed by atoms with Crippen molar-refractivity contribution in [3.63, 3.8) is 0 Å². The summed E-state index contributed by atoms with van der Waals surface area (Å²) in [6.07, 6.45) is 0.671. The molecule has 0 aliphatic carbocycles. The number of amides is 1. The number of fused-ring (bicyclic) bond motifs is 1. The number of nitrogens with zero attached hydrogens (tertiary/aromatic N) is 1. The van der Waals surface area contributed by atoms with E-state index in [1.165, 1.54) is 11.0 Å². The molecule has 1 amide bonds. The van der Waals surface area contributed by atoms with Gasteiger partial charge in [-0.25, -0.2) is 8.78 Å². The van der Waals surface area contributed by atoms with Gasteiger partial charge in [-0.3, -0.25) is 4.79 Å². The van der Waals surface area contributed by atoms with Crippen molar-refractivity contribution in [3.05, 3.63) is 59.2 Å². The molecule has 2 aliphatic heterocycles. The predicted octanol–water partition coefficient (Wildman–Crippen LogP) is 2.82. The van der Waals surface area contributed by atoms with Gasteiger partial charge in [0.25, 0.3) is 5.91 Å². The number of benzene rings is 2. The number of ether oxygens (including phenoxy) is 2. The average Bonchev–Trinajstić information content (AvgIpc) is 3.12. The lowest BCUT2D eigenvalue weighted by molar-refractivity contribution is -0.0212. The molecule has 2 heterocycles. The van der Waals surface area contributed by atoms with Crippen LogP contribution in [0.1, 0.15) is 28.8 Å². The molecule has 4 rings (SSSR count). The van der Waals surface area contributed by atoms with Crippen molar-refractivity contribution in [1.82, 2.24) is 4.90 Å². The van der Waals surface area contributed by atoms with Crippen LogP contribution in [0.2, 0.25) is 0 Å². The van der Waals surface area contributed by atoms with Crippen LogP contribution in [-0.2, 0) is 5.60 Å². The number of likely N-dealkylation sites (tertiary alicyclic amines) is 1. The van der Waals surface area contributed by atoms with Crippen LogP contribution in [-0.4, -0.2) is 35.8 Å². The molecule has 0 radical (unpaired) electrons. The number of carbonyl (C=O) groups excluding carboxylic acids is 1. The molecule has 0 unspecified atom stereocenters. The third-order valence-electron chi connectivity index (χ3n) is 4.95. The Morgan fingerprint density at radius 3 is 2.46 bits per heavy atom. The molecule has 7 heteroatoms. The highest BCUT2D eigenvalue weighted by atomic mass is 19.2. The second-order valence-corrected chi connectivity index (χ2v) is 6.52. The maximum Gasteiger partial charge on any atom is 0.253 e. The first-order valence-electron chi connectivity index (χ1n) is 8.33. The van der Waals surface area contributed by atoms with Gasteiger partial charge < -0.3 is 19.5 Å². The number of aliphatic hydroxyl groups is 1. The summed E-state index contributed by atoms with van der Waals surface area (Å²) < 4.78 is 37.0. The smallest absolute Gasteiger partial charge is 0.253 e. The second kappa shape index (κ2) is 6.25. The number of carbonyl (C=O) groups is 1. The van der Waals surface area contributed by atoms with E-state index < -0.39 is 17.2 Å². The standard InChI is InChI=1S/C19H17F2NO4/c20-14-3-1-12(9-15(14)21)18(23)22-7-5-19(24,6-8-22)13-2-4-16-17(10-13)26-11-25-16/h1-4,9-10,24H,5-8,11H2.